The molecule has 0 saturated heterocycles. The first-order chi connectivity index (χ1) is 8.74. The van der Waals surface area contributed by atoms with Crippen LogP contribution in [0.4, 0.5) is 0 Å². The lowest BCUT2D eigenvalue weighted by molar-refractivity contribution is 0.339. The fourth-order valence-electron chi connectivity index (χ4n) is 1.65. The first kappa shape index (κ1) is 12.6. The van der Waals surface area contributed by atoms with Crippen molar-refractivity contribution in [2.45, 2.75) is 26.3 Å². The van der Waals surface area contributed by atoms with Crippen molar-refractivity contribution in [2.75, 3.05) is 6.61 Å². The highest BCUT2D eigenvalue weighted by atomic mass is 16.5. The van der Waals surface area contributed by atoms with E-state index in [0.717, 1.165) is 11.3 Å². The van der Waals surface area contributed by atoms with E-state index in [0.29, 0.717) is 24.7 Å². The van der Waals surface area contributed by atoms with E-state index in [9.17, 15) is 0 Å². The predicted octanol–water partition coefficient (Wildman–Crippen LogP) is 2.08. The second-order valence-electron chi connectivity index (χ2n) is 3.88. The lowest BCUT2D eigenvalue weighted by atomic mass is 10.1. The van der Waals surface area contributed by atoms with E-state index in [1.165, 1.54) is 0 Å². The van der Waals surface area contributed by atoms with Gasteiger partial charge in [-0.05, 0) is 24.6 Å². The van der Waals surface area contributed by atoms with Crippen LogP contribution in [-0.2, 0) is 6.42 Å². The summed E-state index contributed by atoms with van der Waals surface area (Å²) in [7, 11) is 0. The Morgan fingerprint density at radius 2 is 2.22 bits per heavy atom. The Morgan fingerprint density at radius 3 is 2.89 bits per heavy atom. The summed E-state index contributed by atoms with van der Waals surface area (Å²) >= 11 is 0. The van der Waals surface area contributed by atoms with Crippen LogP contribution in [0.2, 0.25) is 0 Å². The van der Waals surface area contributed by atoms with Gasteiger partial charge in [-0.1, -0.05) is 24.2 Å². The van der Waals surface area contributed by atoms with Gasteiger partial charge in [-0.2, -0.15) is 4.98 Å². The second-order valence-corrected chi connectivity index (χ2v) is 3.88. The molecule has 0 saturated carbocycles. The molecule has 18 heavy (non-hydrogen) atoms. The molecule has 0 bridgehead atoms. The molecule has 0 radical (unpaired) electrons. The Morgan fingerprint density at radius 1 is 1.39 bits per heavy atom. The van der Waals surface area contributed by atoms with Gasteiger partial charge in [0.05, 0.1) is 12.6 Å². The summed E-state index contributed by atoms with van der Waals surface area (Å²) in [6.07, 6.45) is 0.707. The van der Waals surface area contributed by atoms with E-state index in [-0.39, 0.29) is 0 Å². The normalized spacial score (nSPS) is 12.4. The molecule has 0 aliphatic heterocycles. The highest BCUT2D eigenvalue weighted by molar-refractivity contribution is 5.32. The molecule has 2 rings (SSSR count). The van der Waals surface area contributed by atoms with Gasteiger partial charge in [0.25, 0.3) is 0 Å². The van der Waals surface area contributed by atoms with E-state index >= 15 is 0 Å². The maximum atomic E-state index is 6.11. The van der Waals surface area contributed by atoms with E-state index < -0.39 is 6.04 Å². The topological polar surface area (TPSA) is 74.2 Å². The zero-order valence-electron chi connectivity index (χ0n) is 10.6. The fraction of sp³-hybridized carbons (Fsp3) is 0.385. The Bertz CT molecular complexity index is 510. The summed E-state index contributed by atoms with van der Waals surface area (Å²) in [4.78, 5) is 4.24. The van der Waals surface area contributed by atoms with E-state index in [1.54, 1.807) is 0 Å². The smallest absolute Gasteiger partial charge is 0.226 e. The minimum absolute atomic E-state index is 0.394. The molecule has 1 heterocycles. The Balaban J connectivity index is 2.21. The number of benzene rings is 1. The number of hydrogen-bond donors (Lipinski definition) is 1. The van der Waals surface area contributed by atoms with Crippen LogP contribution in [0, 0.1) is 0 Å². The number of nitrogens with zero attached hydrogens (tertiary/aromatic N) is 2. The summed E-state index contributed by atoms with van der Waals surface area (Å²) in [6, 6.07) is 7.23. The van der Waals surface area contributed by atoms with E-state index in [4.69, 9.17) is 15.0 Å². The molecule has 2 aromatic rings. The number of nitrogens with two attached hydrogens (primary N) is 1. The minimum atomic E-state index is -0.394. The first-order valence-corrected chi connectivity index (χ1v) is 6.05. The first-order valence-electron chi connectivity index (χ1n) is 6.05. The Labute approximate surface area is 106 Å². The molecule has 0 aliphatic carbocycles. The molecule has 0 amide bonds. The van der Waals surface area contributed by atoms with Crippen molar-refractivity contribution in [1.82, 2.24) is 10.1 Å². The molecule has 2 N–H and O–H groups in total. The summed E-state index contributed by atoms with van der Waals surface area (Å²) in [5.74, 6) is 1.89. The molecule has 5 nitrogen and oxygen atoms in total. The molecule has 96 valence electrons. The van der Waals surface area contributed by atoms with Gasteiger partial charge in [-0.15, -0.1) is 0 Å². The average Bonchev–Trinajstić information content (AvgIpc) is 2.87. The summed E-state index contributed by atoms with van der Waals surface area (Å²) < 4.78 is 10.5. The van der Waals surface area contributed by atoms with E-state index in [2.05, 4.69) is 10.1 Å². The third kappa shape index (κ3) is 2.68. The summed E-state index contributed by atoms with van der Waals surface area (Å²) in [6.45, 7) is 4.53. The molecule has 0 spiro atoms. The van der Waals surface area contributed by atoms with Crippen LogP contribution in [0.1, 0.15) is 37.2 Å². The molecule has 5 heteroatoms. The number of rotatable bonds is 5. The van der Waals surface area contributed by atoms with E-state index in [1.807, 2.05) is 38.1 Å². The maximum absolute atomic E-state index is 6.11. The van der Waals surface area contributed by atoms with Gasteiger partial charge in [-0.3, -0.25) is 0 Å². The third-order valence-electron chi connectivity index (χ3n) is 2.59. The molecule has 1 unspecified atom stereocenters. The molecule has 1 aromatic carbocycles. The maximum Gasteiger partial charge on any atom is 0.226 e. The number of hydrogen-bond acceptors (Lipinski definition) is 5. The third-order valence-corrected chi connectivity index (χ3v) is 2.59. The SMILES string of the molecule is CCOc1cccc(C(N)c2noc(CC)n2)c1. The molecule has 1 atom stereocenters. The Kier molecular flexibility index (Phi) is 3.94. The van der Waals surface area contributed by atoms with Crippen LogP contribution in [0.3, 0.4) is 0 Å². The van der Waals surface area contributed by atoms with Crippen LogP contribution < -0.4 is 10.5 Å². The van der Waals surface area contributed by atoms with Crippen LogP contribution in [0.15, 0.2) is 28.8 Å². The highest BCUT2D eigenvalue weighted by Crippen LogP contribution is 2.21. The largest absolute Gasteiger partial charge is 0.494 e. The van der Waals surface area contributed by atoms with Gasteiger partial charge >= 0.3 is 0 Å². The molecule has 0 fully saturated rings. The lowest BCUT2D eigenvalue weighted by Gasteiger charge is -2.09. The summed E-state index contributed by atoms with van der Waals surface area (Å²) in [5.41, 5.74) is 7.02. The zero-order chi connectivity index (χ0) is 13.0. The van der Waals surface area contributed by atoms with Gasteiger partial charge in [0.1, 0.15) is 5.75 Å². The number of ether oxygens (including phenoxy) is 1. The highest BCUT2D eigenvalue weighted by Gasteiger charge is 2.16. The van der Waals surface area contributed by atoms with Crippen LogP contribution in [0.25, 0.3) is 0 Å². The van der Waals surface area contributed by atoms with Crippen LogP contribution in [-0.4, -0.2) is 16.7 Å². The van der Waals surface area contributed by atoms with Crippen LogP contribution >= 0.6 is 0 Å². The average molecular weight is 247 g/mol. The minimum Gasteiger partial charge on any atom is -0.494 e. The zero-order valence-corrected chi connectivity index (χ0v) is 10.6. The van der Waals surface area contributed by atoms with Gasteiger partial charge in [0.2, 0.25) is 5.89 Å². The van der Waals surface area contributed by atoms with Crippen molar-refractivity contribution >= 4 is 0 Å². The standard InChI is InChI=1S/C13H17N3O2/c1-3-11-15-13(16-18-11)12(14)9-6-5-7-10(8-9)17-4-2/h5-8,12H,3-4,14H2,1-2H3. The van der Waals surface area contributed by atoms with Crippen molar-refractivity contribution in [3.63, 3.8) is 0 Å². The van der Waals surface area contributed by atoms with Gasteiger partial charge < -0.3 is 15.0 Å². The Hall–Kier alpha value is -1.88. The van der Waals surface area contributed by atoms with Crippen molar-refractivity contribution < 1.29 is 9.26 Å². The molecule has 1 aromatic heterocycles. The fourth-order valence-corrected chi connectivity index (χ4v) is 1.65. The number of aryl methyl sites for hydroxylation is 1. The molecule has 0 aliphatic rings. The van der Waals surface area contributed by atoms with Gasteiger partial charge in [0, 0.05) is 6.42 Å². The lowest BCUT2D eigenvalue weighted by Crippen LogP contribution is -2.13. The quantitative estimate of drug-likeness (QED) is 0.875. The van der Waals surface area contributed by atoms with Crippen LogP contribution in [0.5, 0.6) is 5.75 Å². The monoisotopic (exact) mass is 247 g/mol. The van der Waals surface area contributed by atoms with Crippen molar-refractivity contribution in [1.29, 1.82) is 0 Å². The predicted molar refractivity (Wildman–Crippen MR) is 67.3 cm³/mol. The number of aromatic nitrogens is 2. The van der Waals surface area contributed by atoms with Crippen molar-refractivity contribution in [3.05, 3.63) is 41.5 Å². The molecular weight excluding hydrogens is 230 g/mol. The van der Waals surface area contributed by atoms with Gasteiger partial charge in [0.15, 0.2) is 5.82 Å². The second kappa shape index (κ2) is 5.64. The summed E-state index contributed by atoms with van der Waals surface area (Å²) in [5, 5.41) is 3.89. The van der Waals surface area contributed by atoms with Crippen molar-refractivity contribution in [3.8, 4) is 5.75 Å². The molecular formula is C13H17N3O2. The van der Waals surface area contributed by atoms with Crippen molar-refractivity contribution in [2.24, 2.45) is 5.73 Å². The van der Waals surface area contributed by atoms with Gasteiger partial charge in [-0.25, -0.2) is 0 Å².